The van der Waals surface area contributed by atoms with Crippen molar-refractivity contribution in [1.29, 1.82) is 5.26 Å². The summed E-state index contributed by atoms with van der Waals surface area (Å²) < 4.78 is 5.54. The molecule has 4 heterocycles. The van der Waals surface area contributed by atoms with Crippen molar-refractivity contribution in [2.45, 2.75) is 24.9 Å². The summed E-state index contributed by atoms with van der Waals surface area (Å²) in [4.78, 5) is 41.1. The SMILES string of the molecule is CC1(c2ccc(C#N)cc2)NC(=O)N(CC(=O)N2N=C(c3cccs3)CC2c2ccco2)C1=O. The number of benzene rings is 1. The number of furan rings is 1. The van der Waals surface area contributed by atoms with E-state index in [1.807, 2.05) is 23.6 Å². The number of carbonyl (C=O) groups excluding carboxylic acids is 3. The molecule has 2 aromatic heterocycles. The zero-order valence-corrected chi connectivity index (χ0v) is 18.9. The predicted octanol–water partition coefficient (Wildman–Crippen LogP) is 3.36. The van der Waals surface area contributed by atoms with E-state index in [0.717, 1.165) is 15.5 Å². The third-order valence-electron chi connectivity index (χ3n) is 6.00. The number of hydrazone groups is 1. The van der Waals surface area contributed by atoms with Crippen molar-refractivity contribution in [2.75, 3.05) is 6.54 Å². The van der Waals surface area contributed by atoms with E-state index in [4.69, 9.17) is 9.68 Å². The fraction of sp³-hybridized carbons (Fsp3) is 0.208. The summed E-state index contributed by atoms with van der Waals surface area (Å²) in [5.74, 6) is -0.476. The van der Waals surface area contributed by atoms with Crippen molar-refractivity contribution in [3.05, 3.63) is 81.9 Å². The predicted molar refractivity (Wildman–Crippen MR) is 123 cm³/mol. The molecular formula is C24H19N5O4S. The number of nitrogens with zero attached hydrogens (tertiary/aromatic N) is 4. The second kappa shape index (κ2) is 8.28. The second-order valence-corrected chi connectivity index (χ2v) is 9.08. The smallest absolute Gasteiger partial charge is 0.325 e. The van der Waals surface area contributed by atoms with Crippen molar-refractivity contribution in [2.24, 2.45) is 5.10 Å². The molecule has 34 heavy (non-hydrogen) atoms. The zero-order valence-electron chi connectivity index (χ0n) is 18.1. The van der Waals surface area contributed by atoms with Gasteiger partial charge in [0.2, 0.25) is 0 Å². The monoisotopic (exact) mass is 473 g/mol. The Hall–Kier alpha value is -4.23. The Labute approximate surface area is 198 Å². The van der Waals surface area contributed by atoms with E-state index >= 15 is 0 Å². The molecule has 2 unspecified atom stereocenters. The van der Waals surface area contributed by atoms with Crippen LogP contribution in [-0.4, -0.2) is 40.0 Å². The highest BCUT2D eigenvalue weighted by Gasteiger charge is 2.50. The van der Waals surface area contributed by atoms with E-state index in [0.29, 0.717) is 23.3 Å². The molecule has 0 spiro atoms. The van der Waals surface area contributed by atoms with Gasteiger partial charge < -0.3 is 9.73 Å². The fourth-order valence-corrected chi connectivity index (χ4v) is 4.88. The summed E-state index contributed by atoms with van der Waals surface area (Å²) in [6.45, 7) is 1.11. The van der Waals surface area contributed by atoms with Crippen LogP contribution >= 0.6 is 11.3 Å². The molecule has 3 aromatic rings. The topological polar surface area (TPSA) is 119 Å². The minimum absolute atomic E-state index is 0.438. The van der Waals surface area contributed by atoms with Crippen LogP contribution in [0.1, 0.15) is 41.2 Å². The molecule has 5 rings (SSSR count). The Bertz CT molecular complexity index is 1320. The van der Waals surface area contributed by atoms with Crippen LogP contribution in [0.5, 0.6) is 0 Å². The molecule has 1 saturated heterocycles. The molecule has 0 saturated carbocycles. The highest BCUT2D eigenvalue weighted by molar-refractivity contribution is 7.12. The first kappa shape index (κ1) is 21.6. The summed E-state index contributed by atoms with van der Waals surface area (Å²) >= 11 is 1.52. The molecule has 0 bridgehead atoms. The molecule has 4 amide bonds. The maximum absolute atomic E-state index is 13.3. The van der Waals surface area contributed by atoms with Gasteiger partial charge >= 0.3 is 6.03 Å². The Morgan fingerprint density at radius 2 is 2.06 bits per heavy atom. The first-order valence-electron chi connectivity index (χ1n) is 10.5. The third-order valence-corrected chi connectivity index (χ3v) is 6.92. The average molecular weight is 474 g/mol. The Morgan fingerprint density at radius 3 is 2.71 bits per heavy atom. The van der Waals surface area contributed by atoms with Crippen molar-refractivity contribution in [1.82, 2.24) is 15.2 Å². The van der Waals surface area contributed by atoms with Gasteiger partial charge in [-0.15, -0.1) is 11.3 Å². The van der Waals surface area contributed by atoms with Crippen LogP contribution < -0.4 is 5.32 Å². The number of urea groups is 1. The van der Waals surface area contributed by atoms with Gasteiger partial charge in [-0.05, 0) is 48.2 Å². The summed E-state index contributed by atoms with van der Waals surface area (Å²) in [5, 5.41) is 19.4. The Morgan fingerprint density at radius 1 is 1.26 bits per heavy atom. The molecule has 1 fully saturated rings. The number of rotatable bonds is 5. The van der Waals surface area contributed by atoms with Crippen LogP contribution in [0.4, 0.5) is 4.79 Å². The molecular weight excluding hydrogens is 454 g/mol. The van der Waals surface area contributed by atoms with Gasteiger partial charge in [-0.25, -0.2) is 9.80 Å². The summed E-state index contributed by atoms with van der Waals surface area (Å²) in [6.07, 6.45) is 1.99. The molecule has 10 heteroatoms. The largest absolute Gasteiger partial charge is 0.467 e. The third kappa shape index (κ3) is 3.56. The summed E-state index contributed by atoms with van der Waals surface area (Å²) in [7, 11) is 0. The summed E-state index contributed by atoms with van der Waals surface area (Å²) in [6, 6.07) is 14.6. The van der Waals surface area contributed by atoms with Crippen LogP contribution in [0.25, 0.3) is 0 Å². The molecule has 1 aromatic carbocycles. The molecule has 0 aliphatic carbocycles. The molecule has 2 atom stereocenters. The standard InChI is InChI=1S/C24H19N5O4S/c1-24(16-8-6-15(13-25)7-9-16)22(31)28(23(32)26-24)14-21(30)29-18(19-4-2-10-33-19)12-17(27-29)20-5-3-11-34-20/h2-11,18H,12,14H2,1H3,(H,26,32). The fourth-order valence-electron chi connectivity index (χ4n) is 4.16. The highest BCUT2D eigenvalue weighted by Crippen LogP contribution is 2.35. The number of imide groups is 1. The van der Waals surface area contributed by atoms with Gasteiger partial charge in [-0.2, -0.15) is 10.4 Å². The van der Waals surface area contributed by atoms with Gasteiger partial charge in [0.25, 0.3) is 11.8 Å². The lowest BCUT2D eigenvalue weighted by Gasteiger charge is -2.24. The zero-order chi connectivity index (χ0) is 23.9. The van der Waals surface area contributed by atoms with Crippen LogP contribution in [0.3, 0.4) is 0 Å². The average Bonchev–Trinajstić information content (AvgIpc) is 3.64. The number of carbonyl (C=O) groups is 3. The number of nitriles is 1. The number of hydrogen-bond donors (Lipinski definition) is 1. The number of thiophene rings is 1. The highest BCUT2D eigenvalue weighted by atomic mass is 32.1. The normalized spacial score (nSPS) is 22.0. The van der Waals surface area contributed by atoms with Gasteiger partial charge in [0.05, 0.1) is 28.5 Å². The quantitative estimate of drug-likeness (QED) is 0.570. The van der Waals surface area contributed by atoms with Crippen LogP contribution in [-0.2, 0) is 15.1 Å². The van der Waals surface area contributed by atoms with Gasteiger partial charge in [-0.1, -0.05) is 18.2 Å². The number of nitrogens with one attached hydrogen (secondary N) is 1. The lowest BCUT2D eigenvalue weighted by atomic mass is 9.91. The van der Waals surface area contributed by atoms with E-state index in [9.17, 15) is 14.4 Å². The lowest BCUT2D eigenvalue weighted by molar-refractivity contribution is -0.140. The van der Waals surface area contributed by atoms with Gasteiger partial charge in [-0.3, -0.25) is 14.5 Å². The number of amides is 4. The van der Waals surface area contributed by atoms with Crippen molar-refractivity contribution < 1.29 is 18.8 Å². The van der Waals surface area contributed by atoms with Gasteiger partial charge in [0, 0.05) is 6.42 Å². The molecule has 0 radical (unpaired) electrons. The van der Waals surface area contributed by atoms with E-state index in [2.05, 4.69) is 10.4 Å². The molecule has 9 nitrogen and oxygen atoms in total. The number of hydrogen-bond acceptors (Lipinski definition) is 7. The van der Waals surface area contributed by atoms with E-state index in [1.165, 1.54) is 22.6 Å². The first-order chi connectivity index (χ1) is 16.4. The lowest BCUT2D eigenvalue weighted by Crippen LogP contribution is -2.43. The van der Waals surface area contributed by atoms with Crippen LogP contribution in [0.15, 0.2) is 69.7 Å². The maximum atomic E-state index is 13.3. The maximum Gasteiger partial charge on any atom is 0.325 e. The van der Waals surface area contributed by atoms with Crippen LogP contribution in [0.2, 0.25) is 0 Å². The van der Waals surface area contributed by atoms with Crippen molar-refractivity contribution in [3.8, 4) is 6.07 Å². The minimum atomic E-state index is -1.35. The second-order valence-electron chi connectivity index (χ2n) is 8.13. The first-order valence-corrected chi connectivity index (χ1v) is 11.4. The molecule has 170 valence electrons. The Kier molecular flexibility index (Phi) is 5.26. The van der Waals surface area contributed by atoms with Gasteiger partial charge in [0.1, 0.15) is 23.9 Å². The van der Waals surface area contributed by atoms with Gasteiger partial charge in [0.15, 0.2) is 0 Å². The van der Waals surface area contributed by atoms with E-state index in [1.54, 1.807) is 43.3 Å². The molecule has 1 N–H and O–H groups in total. The van der Waals surface area contributed by atoms with Crippen molar-refractivity contribution in [3.63, 3.8) is 0 Å². The van der Waals surface area contributed by atoms with E-state index in [-0.39, 0.29) is 0 Å². The molecule has 2 aliphatic heterocycles. The summed E-state index contributed by atoms with van der Waals surface area (Å²) in [5.41, 5.74) is 0.354. The molecule has 2 aliphatic rings. The van der Waals surface area contributed by atoms with Crippen LogP contribution in [0, 0.1) is 11.3 Å². The van der Waals surface area contributed by atoms with E-state index < -0.39 is 36.0 Å². The minimum Gasteiger partial charge on any atom is -0.467 e. The Balaban J connectivity index is 1.39. The van der Waals surface area contributed by atoms with Crippen molar-refractivity contribution >= 4 is 34.9 Å².